The predicted octanol–water partition coefficient (Wildman–Crippen LogP) is 4.83. The van der Waals surface area contributed by atoms with Crippen molar-refractivity contribution in [2.75, 3.05) is 31.7 Å². The maximum Gasteiger partial charge on any atom is 0.264 e. The Morgan fingerprint density at radius 2 is 1.87 bits per heavy atom. The molecule has 9 nitrogen and oxygen atoms in total. The van der Waals surface area contributed by atoms with Gasteiger partial charge in [0, 0.05) is 43.1 Å². The number of ether oxygens (including phenoxy) is 2. The Hall–Kier alpha value is -2.82. The molecule has 5 atom stereocenters. The largest absolute Gasteiger partial charge is 0.490 e. The van der Waals surface area contributed by atoms with E-state index in [1.165, 1.54) is 17.2 Å². The summed E-state index contributed by atoms with van der Waals surface area (Å²) in [5, 5.41) is 0.724. The number of sulfonamides is 1. The van der Waals surface area contributed by atoms with Crippen LogP contribution >= 0.6 is 11.6 Å². The average molecular weight is 656 g/mol. The molecular formula is C34H42ClN3O6S. The molecule has 1 unspecified atom stereocenters. The van der Waals surface area contributed by atoms with Gasteiger partial charge in [-0.15, -0.1) is 0 Å². The Balaban J connectivity index is 1.30. The molecular weight excluding hydrogens is 614 g/mol. The van der Waals surface area contributed by atoms with Gasteiger partial charge in [0.25, 0.3) is 15.9 Å². The number of aryl methyl sites for hydroxylation is 1. The molecule has 45 heavy (non-hydrogen) atoms. The lowest BCUT2D eigenvalue weighted by molar-refractivity contribution is -0.140. The van der Waals surface area contributed by atoms with E-state index in [-0.39, 0.29) is 40.7 Å². The molecule has 7 rings (SSSR count). The molecule has 0 saturated heterocycles. The highest BCUT2D eigenvalue weighted by molar-refractivity contribution is 7.90. The highest BCUT2D eigenvalue weighted by atomic mass is 35.5. The van der Waals surface area contributed by atoms with Gasteiger partial charge < -0.3 is 19.3 Å². The number of rotatable bonds is 2. The third-order valence-corrected chi connectivity index (χ3v) is 12.5. The summed E-state index contributed by atoms with van der Waals surface area (Å²) >= 11 is 6.41. The summed E-state index contributed by atoms with van der Waals surface area (Å²) in [7, 11) is -2.49. The van der Waals surface area contributed by atoms with Gasteiger partial charge in [-0.05, 0) is 112 Å². The second kappa shape index (κ2) is 11.8. The van der Waals surface area contributed by atoms with E-state index in [0.717, 1.165) is 55.7 Å². The number of methoxy groups -OCH3 is 1. The van der Waals surface area contributed by atoms with E-state index in [0.29, 0.717) is 37.8 Å². The van der Waals surface area contributed by atoms with E-state index in [1.807, 2.05) is 6.07 Å². The van der Waals surface area contributed by atoms with Crippen LogP contribution in [-0.4, -0.2) is 70.1 Å². The molecule has 2 saturated carbocycles. The number of amides is 2. The summed E-state index contributed by atoms with van der Waals surface area (Å²) in [6, 6.07) is 10.1. The molecule has 2 aromatic rings. The highest BCUT2D eigenvalue weighted by Crippen LogP contribution is 2.47. The number of anilines is 1. The van der Waals surface area contributed by atoms with Crippen LogP contribution in [0.2, 0.25) is 5.02 Å². The first-order valence-corrected chi connectivity index (χ1v) is 18.2. The normalized spacial score (nSPS) is 31.6. The Kier molecular flexibility index (Phi) is 8.05. The van der Waals surface area contributed by atoms with Crippen LogP contribution in [0.5, 0.6) is 5.75 Å². The van der Waals surface area contributed by atoms with Crippen molar-refractivity contribution in [3.05, 3.63) is 52.5 Å². The van der Waals surface area contributed by atoms with Crippen molar-refractivity contribution in [3.63, 3.8) is 0 Å². The van der Waals surface area contributed by atoms with Gasteiger partial charge in [-0.3, -0.25) is 9.59 Å². The minimum atomic E-state index is -4.22. The fourth-order valence-corrected chi connectivity index (χ4v) is 9.51. The molecule has 0 radical (unpaired) electrons. The van der Waals surface area contributed by atoms with Crippen LogP contribution in [0, 0.1) is 11.8 Å². The van der Waals surface area contributed by atoms with Crippen molar-refractivity contribution in [1.29, 1.82) is 0 Å². The van der Waals surface area contributed by atoms with Gasteiger partial charge in [0.05, 0.1) is 23.3 Å². The lowest BCUT2D eigenvalue weighted by atomic mass is 9.68. The van der Waals surface area contributed by atoms with Crippen molar-refractivity contribution in [1.82, 2.24) is 9.62 Å². The first-order valence-electron chi connectivity index (χ1n) is 16.3. The Morgan fingerprint density at radius 1 is 1.04 bits per heavy atom. The molecule has 2 fully saturated rings. The predicted molar refractivity (Wildman–Crippen MR) is 171 cm³/mol. The maximum atomic E-state index is 13.7. The summed E-state index contributed by atoms with van der Waals surface area (Å²) in [6.45, 7) is 3.46. The third kappa shape index (κ3) is 5.71. The van der Waals surface area contributed by atoms with Crippen LogP contribution in [0.3, 0.4) is 0 Å². The lowest BCUT2D eigenvalue weighted by Gasteiger charge is -2.46. The number of halogens is 1. The first kappa shape index (κ1) is 30.8. The first-order chi connectivity index (χ1) is 21.6. The molecule has 2 aromatic carbocycles. The van der Waals surface area contributed by atoms with E-state index >= 15 is 0 Å². The monoisotopic (exact) mass is 655 g/mol. The number of carbonyl (C=O) groups excluding carboxylic acids is 2. The van der Waals surface area contributed by atoms with Crippen LogP contribution < -0.4 is 14.4 Å². The van der Waals surface area contributed by atoms with Gasteiger partial charge in [0.2, 0.25) is 5.91 Å². The van der Waals surface area contributed by atoms with E-state index in [1.54, 1.807) is 31.1 Å². The number of benzene rings is 2. The second-order valence-electron chi connectivity index (χ2n) is 13.7. The van der Waals surface area contributed by atoms with Crippen LogP contribution in [0.1, 0.15) is 69.4 Å². The SMILES string of the molecule is CO[C@@H]1CCC(=O)N(C2CC2)C(C)C(=O)NS(=O)(=O)c2ccc3c(c2)N(C[C@@H]2CC[C@H]21)C[C@@]1(CCCc2cc(Cl)ccc21)CO3. The van der Waals surface area contributed by atoms with Crippen molar-refractivity contribution < 1.29 is 27.5 Å². The molecule has 11 heteroatoms. The zero-order valence-electron chi connectivity index (χ0n) is 26.0. The Bertz CT molecular complexity index is 1610. The molecule has 5 aliphatic rings. The summed E-state index contributed by atoms with van der Waals surface area (Å²) in [5.41, 5.74) is 2.91. The summed E-state index contributed by atoms with van der Waals surface area (Å²) < 4.78 is 42.2. The highest BCUT2D eigenvalue weighted by Gasteiger charge is 2.46. The van der Waals surface area contributed by atoms with Crippen LogP contribution in [0.4, 0.5) is 5.69 Å². The van der Waals surface area contributed by atoms with E-state index in [2.05, 4.69) is 21.8 Å². The quantitative estimate of drug-likeness (QED) is 0.494. The van der Waals surface area contributed by atoms with Crippen molar-refractivity contribution in [2.24, 2.45) is 11.8 Å². The number of fused-ring (bicyclic) bond motifs is 4. The standard InChI is InChI=1S/C34H42ClN3O6S/c1-21-33(40)36-45(41,42)26-9-12-31-29(17-26)37(19-34(20-44-31)15-3-4-22-16-24(35)6-11-28(22)34)18-23-5-10-27(23)30(43-2)13-14-32(39)38(21)25-7-8-25/h6,9,11-12,16-17,21,23,25,27,30H,3-5,7-8,10,13-15,18-20H2,1-2H3,(H,36,40)/t21?,23-,27+,30+,34-/m0/s1. The molecule has 2 bridgehead atoms. The molecule has 3 aliphatic carbocycles. The minimum absolute atomic E-state index is 0.00139. The molecule has 0 aromatic heterocycles. The minimum Gasteiger partial charge on any atom is -0.490 e. The number of hydrogen-bond acceptors (Lipinski definition) is 7. The fourth-order valence-electron chi connectivity index (χ4n) is 8.25. The number of nitrogens with one attached hydrogen (secondary N) is 1. The summed E-state index contributed by atoms with van der Waals surface area (Å²) in [5.74, 6) is 0.393. The van der Waals surface area contributed by atoms with Crippen molar-refractivity contribution in [2.45, 2.75) is 93.2 Å². The second-order valence-corrected chi connectivity index (χ2v) is 15.8. The molecule has 242 valence electrons. The summed E-state index contributed by atoms with van der Waals surface area (Å²) in [6.07, 6.45) is 7.33. The smallest absolute Gasteiger partial charge is 0.264 e. The van der Waals surface area contributed by atoms with Crippen molar-refractivity contribution in [3.8, 4) is 5.75 Å². The van der Waals surface area contributed by atoms with Gasteiger partial charge in [0.1, 0.15) is 11.8 Å². The van der Waals surface area contributed by atoms with Gasteiger partial charge in [-0.1, -0.05) is 17.7 Å². The molecule has 2 aliphatic heterocycles. The third-order valence-electron chi connectivity index (χ3n) is 10.9. The summed E-state index contributed by atoms with van der Waals surface area (Å²) in [4.78, 5) is 30.8. The maximum absolute atomic E-state index is 13.7. The van der Waals surface area contributed by atoms with Gasteiger partial charge >= 0.3 is 0 Å². The van der Waals surface area contributed by atoms with Crippen molar-refractivity contribution >= 4 is 39.1 Å². The van der Waals surface area contributed by atoms with Crippen LogP contribution in [0.25, 0.3) is 0 Å². The van der Waals surface area contributed by atoms with Gasteiger partial charge in [-0.2, -0.15) is 0 Å². The Morgan fingerprint density at radius 3 is 2.60 bits per heavy atom. The number of hydrogen-bond donors (Lipinski definition) is 1. The van der Waals surface area contributed by atoms with Crippen LogP contribution in [-0.2, 0) is 36.2 Å². The molecule has 1 spiro atoms. The average Bonchev–Trinajstić information content (AvgIpc) is 3.85. The van der Waals surface area contributed by atoms with Gasteiger partial charge in [0.15, 0.2) is 0 Å². The molecule has 2 heterocycles. The number of carbonyl (C=O) groups is 2. The zero-order valence-corrected chi connectivity index (χ0v) is 27.5. The van der Waals surface area contributed by atoms with E-state index in [9.17, 15) is 18.0 Å². The Labute approximate surface area is 270 Å². The van der Waals surface area contributed by atoms with Gasteiger partial charge in [-0.25, -0.2) is 13.1 Å². The number of nitrogens with zero attached hydrogens (tertiary/aromatic N) is 2. The topological polar surface area (TPSA) is 105 Å². The molecule has 1 N–H and O–H groups in total. The lowest BCUT2D eigenvalue weighted by Crippen LogP contribution is -2.51. The van der Waals surface area contributed by atoms with E-state index < -0.39 is 22.0 Å². The van der Waals surface area contributed by atoms with E-state index in [4.69, 9.17) is 21.1 Å². The molecule has 2 amide bonds. The zero-order chi connectivity index (χ0) is 31.5. The van der Waals surface area contributed by atoms with Crippen LogP contribution in [0.15, 0.2) is 41.3 Å². The fraction of sp³-hybridized carbons (Fsp3) is 0.588.